The summed E-state index contributed by atoms with van der Waals surface area (Å²) in [5.74, 6) is 0. The van der Waals surface area contributed by atoms with Crippen LogP contribution >= 0.6 is 11.3 Å². The Hall–Kier alpha value is -1.19. The van der Waals surface area contributed by atoms with Crippen molar-refractivity contribution in [1.82, 2.24) is 9.71 Å². The van der Waals surface area contributed by atoms with Crippen molar-refractivity contribution in [3.05, 3.63) is 10.7 Å². The smallest absolute Gasteiger partial charge is 0.417 e. The van der Waals surface area contributed by atoms with Crippen molar-refractivity contribution in [2.24, 2.45) is 0 Å². The second-order valence-electron chi connectivity index (χ2n) is 5.93. The summed E-state index contributed by atoms with van der Waals surface area (Å²) in [6.45, 7) is 8.50. The summed E-state index contributed by atoms with van der Waals surface area (Å²) in [7, 11) is -3.72. The molecule has 0 bridgehead atoms. The number of carboxylic acid groups (broad SMARTS) is 1. The van der Waals surface area contributed by atoms with E-state index in [-0.39, 0.29) is 4.21 Å². The Morgan fingerprint density at radius 1 is 1.35 bits per heavy atom. The largest absolute Gasteiger partial charge is 0.464 e. The molecule has 0 radical (unpaired) electrons. The van der Waals surface area contributed by atoms with Gasteiger partial charge >= 0.3 is 6.09 Å². The summed E-state index contributed by atoms with van der Waals surface area (Å²) < 4.78 is 21.8. The third-order valence-electron chi connectivity index (χ3n) is 2.32. The third kappa shape index (κ3) is 3.68. The van der Waals surface area contributed by atoms with Gasteiger partial charge in [-0.2, -0.15) is 0 Å². The highest BCUT2D eigenvalue weighted by molar-refractivity contribution is 7.93. The minimum Gasteiger partial charge on any atom is -0.464 e. The quantitative estimate of drug-likeness (QED) is 0.680. The number of rotatable bonds is 3. The lowest BCUT2D eigenvalue weighted by Gasteiger charge is -2.18. The minimum atomic E-state index is -3.72. The predicted molar refractivity (Wildman–Crippen MR) is 76.3 cm³/mol. The van der Waals surface area contributed by atoms with Crippen molar-refractivity contribution >= 4 is 27.3 Å². The van der Waals surface area contributed by atoms with Crippen molar-refractivity contribution in [3.63, 3.8) is 0 Å². The number of aliphatic hydroxyl groups is 1. The second-order valence-corrected chi connectivity index (χ2v) is 8.91. The molecule has 0 aliphatic carbocycles. The predicted octanol–water partition coefficient (Wildman–Crippen LogP) is 2.26. The number of hydrogen-bond acceptors (Lipinski definition) is 6. The first kappa shape index (κ1) is 16.9. The van der Waals surface area contributed by atoms with Gasteiger partial charge in [-0.25, -0.2) is 23.5 Å². The highest BCUT2D eigenvalue weighted by Gasteiger charge is 2.33. The fraction of sp³-hybridized carbons (Fsp3) is 0.636. The van der Waals surface area contributed by atoms with Crippen LogP contribution in [0.25, 0.3) is 0 Å². The van der Waals surface area contributed by atoms with Gasteiger partial charge in [0.2, 0.25) is 0 Å². The fourth-order valence-electron chi connectivity index (χ4n) is 1.41. The van der Waals surface area contributed by atoms with E-state index < -0.39 is 27.0 Å². The number of nitrogens with zero attached hydrogens (tertiary/aromatic N) is 1. The van der Waals surface area contributed by atoms with Crippen LogP contribution in [-0.4, -0.2) is 25.5 Å². The number of aromatic nitrogens is 1. The average Bonchev–Trinajstić information content (AvgIpc) is 2.57. The van der Waals surface area contributed by atoms with Gasteiger partial charge in [-0.3, -0.25) is 0 Å². The molecule has 0 aliphatic rings. The molecule has 4 N–H and O–H groups in total. The van der Waals surface area contributed by atoms with Crippen LogP contribution < -0.4 is 4.72 Å². The molecule has 9 heteroatoms. The highest BCUT2D eigenvalue weighted by atomic mass is 32.2. The molecule has 0 fully saturated rings. The number of thiazole rings is 1. The molecule has 1 aromatic heterocycles. The van der Waals surface area contributed by atoms with Gasteiger partial charge in [0.1, 0.15) is 14.8 Å². The molecule has 0 aromatic carbocycles. The highest BCUT2D eigenvalue weighted by Crippen LogP contribution is 2.36. The molecule has 1 atom stereocenters. The van der Waals surface area contributed by atoms with E-state index in [1.165, 1.54) is 13.8 Å². The van der Waals surface area contributed by atoms with Gasteiger partial charge in [0.05, 0.1) is 5.69 Å². The lowest BCUT2D eigenvalue weighted by Crippen LogP contribution is -2.29. The maximum atomic E-state index is 12.3. The van der Waals surface area contributed by atoms with Crippen LogP contribution in [0.3, 0.4) is 0 Å². The average molecular weight is 321 g/mol. The summed E-state index contributed by atoms with van der Waals surface area (Å²) in [5, 5.41) is 19.0. The molecular weight excluding hydrogens is 302 g/mol. The molecule has 1 aromatic rings. The van der Waals surface area contributed by atoms with E-state index in [2.05, 4.69) is 4.98 Å². The first-order chi connectivity index (χ1) is 8.75. The molecule has 1 heterocycles. The van der Waals surface area contributed by atoms with Crippen LogP contribution in [0.5, 0.6) is 0 Å². The normalized spacial score (nSPS) is 15.7. The number of nitrogens with one attached hydrogen (secondary N) is 2. The Morgan fingerprint density at radius 3 is 2.20 bits per heavy atom. The maximum absolute atomic E-state index is 12.3. The van der Waals surface area contributed by atoms with E-state index in [4.69, 9.17) is 9.89 Å². The van der Waals surface area contributed by atoms with E-state index in [0.717, 1.165) is 11.3 Å². The Balaban J connectivity index is 3.53. The molecule has 20 heavy (non-hydrogen) atoms. The molecule has 0 aliphatic heterocycles. The lowest BCUT2D eigenvalue weighted by molar-refractivity contribution is 0.0780. The topological polar surface area (TPSA) is 123 Å². The van der Waals surface area contributed by atoms with Gasteiger partial charge in [0.15, 0.2) is 9.92 Å². The van der Waals surface area contributed by atoms with Crippen LogP contribution in [0.15, 0.2) is 4.21 Å². The van der Waals surface area contributed by atoms with E-state index in [1.54, 1.807) is 4.72 Å². The second kappa shape index (κ2) is 4.97. The Kier molecular flexibility index (Phi) is 4.19. The monoisotopic (exact) mass is 321 g/mol. The molecule has 0 saturated heterocycles. The van der Waals surface area contributed by atoms with Crippen LogP contribution in [0.1, 0.15) is 45.3 Å². The summed E-state index contributed by atoms with van der Waals surface area (Å²) >= 11 is 0.892. The number of carbonyl (C=O) groups is 1. The lowest BCUT2D eigenvalue weighted by atomic mass is 9.93. The summed E-state index contributed by atoms with van der Waals surface area (Å²) in [6.07, 6.45) is -1.54. The first-order valence-electron chi connectivity index (χ1n) is 5.79. The van der Waals surface area contributed by atoms with Crippen LogP contribution in [0.4, 0.5) is 4.79 Å². The van der Waals surface area contributed by atoms with Gasteiger partial charge in [-0.1, -0.05) is 20.8 Å². The van der Waals surface area contributed by atoms with Gasteiger partial charge in [-0.15, -0.1) is 11.3 Å². The molecule has 1 rings (SSSR count). The first-order valence-corrected chi connectivity index (χ1v) is 8.16. The van der Waals surface area contributed by atoms with Crippen molar-refractivity contribution in [1.29, 1.82) is 4.78 Å². The van der Waals surface area contributed by atoms with E-state index >= 15 is 0 Å². The van der Waals surface area contributed by atoms with Crippen molar-refractivity contribution in [2.45, 2.75) is 49.8 Å². The number of hydrogen-bond donors (Lipinski definition) is 4. The van der Waals surface area contributed by atoms with Gasteiger partial charge in [0.25, 0.3) is 0 Å². The minimum absolute atomic E-state index is 0.0320. The molecular formula is C11H19N3O4S2. The Morgan fingerprint density at radius 2 is 1.85 bits per heavy atom. The molecule has 0 spiro atoms. The Bertz CT molecular complexity index is 621. The zero-order chi connectivity index (χ0) is 15.9. The maximum Gasteiger partial charge on any atom is 0.417 e. The van der Waals surface area contributed by atoms with Gasteiger partial charge in [-0.05, 0) is 13.8 Å². The van der Waals surface area contributed by atoms with Crippen LogP contribution in [0, 0.1) is 4.78 Å². The number of amides is 1. The molecule has 1 amide bonds. The zero-order valence-corrected chi connectivity index (χ0v) is 13.6. The van der Waals surface area contributed by atoms with E-state index in [1.807, 2.05) is 20.8 Å². The van der Waals surface area contributed by atoms with Crippen molar-refractivity contribution < 1.29 is 19.2 Å². The fourth-order valence-corrected chi connectivity index (χ4v) is 4.21. The molecule has 1 unspecified atom stereocenters. The SMILES string of the molecule is CC(C)(C)c1nc(C(C)(C)O)sc1S(=N)(=O)NC(=O)O. The van der Waals surface area contributed by atoms with Gasteiger partial charge in [0, 0.05) is 5.41 Å². The molecule has 114 valence electrons. The van der Waals surface area contributed by atoms with Gasteiger partial charge < -0.3 is 10.2 Å². The summed E-state index contributed by atoms with van der Waals surface area (Å²) in [5.41, 5.74) is -1.42. The Labute approximate surface area is 122 Å². The van der Waals surface area contributed by atoms with Crippen molar-refractivity contribution in [3.8, 4) is 0 Å². The van der Waals surface area contributed by atoms with E-state index in [9.17, 15) is 14.1 Å². The standard InChI is InChI=1S/C11H19N3O4S2/c1-10(2,3)6-7(20(12,18)14-9(15)16)19-8(13-6)11(4,5)17/h17H,1-5H3,(H,15,16)(H2,12,14,18). The van der Waals surface area contributed by atoms with Crippen LogP contribution in [0.2, 0.25) is 0 Å². The van der Waals surface area contributed by atoms with Crippen LogP contribution in [-0.2, 0) is 20.9 Å². The molecule has 0 saturated carbocycles. The van der Waals surface area contributed by atoms with Crippen molar-refractivity contribution in [2.75, 3.05) is 0 Å². The summed E-state index contributed by atoms with van der Waals surface area (Å²) in [6, 6.07) is 0. The third-order valence-corrected chi connectivity index (χ3v) is 5.62. The summed E-state index contributed by atoms with van der Waals surface area (Å²) in [4.78, 5) is 14.9. The van der Waals surface area contributed by atoms with E-state index in [0.29, 0.717) is 10.7 Å². The molecule has 7 nitrogen and oxygen atoms in total. The zero-order valence-electron chi connectivity index (χ0n) is 12.0.